The number of imidazole rings is 1. The Morgan fingerprint density at radius 3 is 2.69 bits per heavy atom. The maximum Gasteiger partial charge on any atom is 0.434 e. The van der Waals surface area contributed by atoms with Crippen molar-refractivity contribution < 1.29 is 18.0 Å². The molecule has 2 aromatic rings. The molecule has 0 aliphatic rings. The summed E-state index contributed by atoms with van der Waals surface area (Å²) < 4.78 is 38.2. The summed E-state index contributed by atoms with van der Waals surface area (Å²) in [5.41, 5.74) is 3.83. The number of hydrogen-bond acceptors (Lipinski definition) is 2. The Kier molecular flexibility index (Phi) is 2.11. The predicted molar refractivity (Wildman–Crippen MR) is 48.7 cm³/mol. The van der Waals surface area contributed by atoms with Crippen molar-refractivity contribution in [3.05, 3.63) is 35.8 Å². The molecule has 1 amide bonds. The summed E-state index contributed by atoms with van der Waals surface area (Å²) in [7, 11) is 0. The average molecular weight is 229 g/mol. The zero-order chi connectivity index (χ0) is 11.9. The van der Waals surface area contributed by atoms with Crippen molar-refractivity contribution in [2.24, 2.45) is 5.73 Å². The summed E-state index contributed by atoms with van der Waals surface area (Å²) in [6.07, 6.45) is -2.37. The highest BCUT2D eigenvalue weighted by Gasteiger charge is 2.34. The summed E-state index contributed by atoms with van der Waals surface area (Å²) in [5.74, 6) is -0.815. The SMILES string of the molecule is NC(=O)c1cccn2cc(C(F)(F)F)nc12. The molecule has 0 aliphatic carbocycles. The third-order valence-electron chi connectivity index (χ3n) is 2.04. The van der Waals surface area contributed by atoms with Crippen LogP contribution in [0.5, 0.6) is 0 Å². The van der Waals surface area contributed by atoms with Crippen LogP contribution < -0.4 is 5.73 Å². The smallest absolute Gasteiger partial charge is 0.365 e. The van der Waals surface area contributed by atoms with E-state index in [-0.39, 0.29) is 11.2 Å². The second-order valence-electron chi connectivity index (χ2n) is 3.14. The van der Waals surface area contributed by atoms with Crippen LogP contribution in [0.3, 0.4) is 0 Å². The van der Waals surface area contributed by atoms with E-state index >= 15 is 0 Å². The van der Waals surface area contributed by atoms with Crippen molar-refractivity contribution in [1.29, 1.82) is 0 Å². The Bertz CT molecular complexity index is 559. The van der Waals surface area contributed by atoms with E-state index in [1.165, 1.54) is 18.3 Å². The van der Waals surface area contributed by atoms with Gasteiger partial charge in [0.2, 0.25) is 0 Å². The first-order chi connectivity index (χ1) is 7.39. The van der Waals surface area contributed by atoms with Gasteiger partial charge in [0.05, 0.1) is 5.56 Å². The van der Waals surface area contributed by atoms with Crippen molar-refractivity contribution in [3.8, 4) is 0 Å². The number of alkyl halides is 3. The van der Waals surface area contributed by atoms with Crippen LogP contribution >= 0.6 is 0 Å². The van der Waals surface area contributed by atoms with Crippen LogP contribution in [0.1, 0.15) is 16.1 Å². The molecule has 2 N–H and O–H groups in total. The van der Waals surface area contributed by atoms with E-state index in [4.69, 9.17) is 5.73 Å². The van der Waals surface area contributed by atoms with Gasteiger partial charge in [-0.1, -0.05) is 0 Å². The van der Waals surface area contributed by atoms with Gasteiger partial charge in [-0.05, 0) is 12.1 Å². The molecule has 16 heavy (non-hydrogen) atoms. The molecule has 0 spiro atoms. The lowest BCUT2D eigenvalue weighted by molar-refractivity contribution is -0.140. The quantitative estimate of drug-likeness (QED) is 0.804. The van der Waals surface area contributed by atoms with Crippen LogP contribution in [0, 0.1) is 0 Å². The number of halogens is 3. The number of nitrogens with two attached hydrogens (primary N) is 1. The molecule has 0 fully saturated rings. The Balaban J connectivity index is 2.71. The highest BCUT2D eigenvalue weighted by molar-refractivity contribution is 5.98. The second-order valence-corrected chi connectivity index (χ2v) is 3.14. The van der Waals surface area contributed by atoms with Crippen LogP contribution in [-0.2, 0) is 6.18 Å². The van der Waals surface area contributed by atoms with Crippen molar-refractivity contribution in [2.45, 2.75) is 6.18 Å². The fraction of sp³-hybridized carbons (Fsp3) is 0.111. The Morgan fingerprint density at radius 2 is 2.12 bits per heavy atom. The lowest BCUT2D eigenvalue weighted by Gasteiger charge is -1.98. The molecule has 0 bridgehead atoms. The average Bonchev–Trinajstić information content (AvgIpc) is 2.59. The minimum Gasteiger partial charge on any atom is -0.365 e. The molecule has 0 saturated carbocycles. The van der Waals surface area contributed by atoms with E-state index < -0.39 is 17.8 Å². The molecule has 0 saturated heterocycles. The number of amides is 1. The molecule has 4 nitrogen and oxygen atoms in total. The van der Waals surface area contributed by atoms with E-state index in [1.54, 1.807) is 0 Å². The van der Waals surface area contributed by atoms with Crippen molar-refractivity contribution in [2.75, 3.05) is 0 Å². The normalized spacial score (nSPS) is 11.9. The van der Waals surface area contributed by atoms with Gasteiger partial charge in [0.25, 0.3) is 5.91 Å². The van der Waals surface area contributed by atoms with E-state index in [0.717, 1.165) is 10.6 Å². The Hall–Kier alpha value is -2.05. The van der Waals surface area contributed by atoms with Gasteiger partial charge in [-0.15, -0.1) is 0 Å². The van der Waals surface area contributed by atoms with Crippen LogP contribution in [0.4, 0.5) is 13.2 Å². The highest BCUT2D eigenvalue weighted by atomic mass is 19.4. The van der Waals surface area contributed by atoms with Crippen molar-refractivity contribution in [3.63, 3.8) is 0 Å². The minimum atomic E-state index is -4.54. The van der Waals surface area contributed by atoms with Gasteiger partial charge in [0.15, 0.2) is 5.69 Å². The first-order valence-corrected chi connectivity index (χ1v) is 4.24. The molecule has 2 heterocycles. The second kappa shape index (κ2) is 3.22. The molecule has 0 unspecified atom stereocenters. The van der Waals surface area contributed by atoms with E-state index in [9.17, 15) is 18.0 Å². The van der Waals surface area contributed by atoms with Crippen molar-refractivity contribution in [1.82, 2.24) is 9.38 Å². The first kappa shape index (κ1) is 10.5. The molecule has 2 aromatic heterocycles. The summed E-state index contributed by atoms with van der Waals surface area (Å²) in [6, 6.07) is 2.75. The zero-order valence-corrected chi connectivity index (χ0v) is 7.82. The summed E-state index contributed by atoms with van der Waals surface area (Å²) >= 11 is 0. The molecular formula is C9H6F3N3O. The number of hydrogen-bond donors (Lipinski definition) is 1. The number of carbonyl (C=O) groups is 1. The number of carbonyl (C=O) groups excluding carboxylic acids is 1. The largest absolute Gasteiger partial charge is 0.434 e. The summed E-state index contributed by atoms with van der Waals surface area (Å²) in [6.45, 7) is 0. The van der Waals surface area contributed by atoms with Gasteiger partial charge in [0.1, 0.15) is 5.65 Å². The minimum absolute atomic E-state index is 0.0435. The fourth-order valence-corrected chi connectivity index (χ4v) is 1.34. The number of pyridine rings is 1. The molecule has 0 aliphatic heterocycles. The van der Waals surface area contributed by atoms with Crippen molar-refractivity contribution >= 4 is 11.6 Å². The first-order valence-electron chi connectivity index (χ1n) is 4.24. The highest BCUT2D eigenvalue weighted by Crippen LogP contribution is 2.28. The molecule has 0 radical (unpaired) electrons. The number of fused-ring (bicyclic) bond motifs is 1. The van der Waals surface area contributed by atoms with Gasteiger partial charge in [0, 0.05) is 12.4 Å². The van der Waals surface area contributed by atoms with E-state index in [0.29, 0.717) is 0 Å². The molecule has 0 aromatic carbocycles. The third kappa shape index (κ3) is 1.60. The Labute approximate surface area is 87.5 Å². The van der Waals surface area contributed by atoms with Gasteiger partial charge < -0.3 is 10.1 Å². The number of nitrogens with zero attached hydrogens (tertiary/aromatic N) is 2. The molecule has 7 heteroatoms. The standard InChI is InChI=1S/C9H6F3N3O/c10-9(11,12)6-4-15-3-1-2-5(7(13)16)8(15)14-6/h1-4H,(H2,13,16). The molecule has 0 atom stereocenters. The lowest BCUT2D eigenvalue weighted by Crippen LogP contribution is -2.12. The topological polar surface area (TPSA) is 60.4 Å². The monoisotopic (exact) mass is 229 g/mol. The predicted octanol–water partition coefficient (Wildman–Crippen LogP) is 1.45. The lowest BCUT2D eigenvalue weighted by atomic mass is 10.2. The van der Waals surface area contributed by atoms with Gasteiger partial charge in [-0.2, -0.15) is 13.2 Å². The van der Waals surface area contributed by atoms with Crippen LogP contribution in [0.25, 0.3) is 5.65 Å². The number of aromatic nitrogens is 2. The van der Waals surface area contributed by atoms with E-state index in [1.807, 2.05) is 0 Å². The number of rotatable bonds is 1. The van der Waals surface area contributed by atoms with Gasteiger partial charge in [-0.25, -0.2) is 4.98 Å². The molecule has 2 rings (SSSR count). The maximum absolute atomic E-state index is 12.4. The van der Waals surface area contributed by atoms with Gasteiger partial charge in [-0.3, -0.25) is 4.79 Å². The summed E-state index contributed by atoms with van der Waals surface area (Å²) in [4.78, 5) is 14.3. The molecular weight excluding hydrogens is 223 g/mol. The zero-order valence-electron chi connectivity index (χ0n) is 7.82. The number of primary amides is 1. The third-order valence-corrected chi connectivity index (χ3v) is 2.04. The van der Waals surface area contributed by atoms with Crippen LogP contribution in [0.2, 0.25) is 0 Å². The Morgan fingerprint density at radius 1 is 1.44 bits per heavy atom. The maximum atomic E-state index is 12.4. The summed E-state index contributed by atoms with van der Waals surface area (Å²) in [5, 5.41) is 0. The fourth-order valence-electron chi connectivity index (χ4n) is 1.34. The van der Waals surface area contributed by atoms with Crippen LogP contribution in [-0.4, -0.2) is 15.3 Å². The van der Waals surface area contributed by atoms with Gasteiger partial charge >= 0.3 is 6.18 Å². The van der Waals surface area contributed by atoms with E-state index in [2.05, 4.69) is 4.98 Å². The molecule has 84 valence electrons. The van der Waals surface area contributed by atoms with Crippen LogP contribution in [0.15, 0.2) is 24.5 Å².